The number of carbonyl (C=O) groups excluding carboxylic acids is 1. The third-order valence-corrected chi connectivity index (χ3v) is 9.97. The summed E-state index contributed by atoms with van der Waals surface area (Å²) >= 11 is 8.03. The molecular weight excluding hydrogens is 541 g/mol. The molecule has 4 heterocycles. The number of para-hydroxylation sites is 1. The molecule has 1 aromatic carbocycles. The minimum absolute atomic E-state index is 0. The highest BCUT2D eigenvalue weighted by molar-refractivity contribution is 7.91. The fourth-order valence-electron chi connectivity index (χ4n) is 5.21. The summed E-state index contributed by atoms with van der Waals surface area (Å²) in [6, 6.07) is 5.87. The number of halogens is 2. The van der Waals surface area contributed by atoms with Gasteiger partial charge in [-0.15, -0.1) is 12.4 Å². The zero-order valence-electron chi connectivity index (χ0n) is 20.2. The largest absolute Gasteiger partial charge is 0.359 e. The Morgan fingerprint density at radius 3 is 2.61 bits per heavy atom. The summed E-state index contributed by atoms with van der Waals surface area (Å²) in [4.78, 5) is 19.1. The summed E-state index contributed by atoms with van der Waals surface area (Å²) in [5, 5.41) is 5.40. The van der Waals surface area contributed by atoms with E-state index in [1.165, 1.54) is 11.5 Å². The van der Waals surface area contributed by atoms with Crippen LogP contribution in [0.4, 0.5) is 0 Å². The van der Waals surface area contributed by atoms with Crippen LogP contribution in [0.3, 0.4) is 0 Å². The lowest BCUT2D eigenvalue weighted by Crippen LogP contribution is -2.39. The van der Waals surface area contributed by atoms with Gasteiger partial charge in [0.1, 0.15) is 14.8 Å². The van der Waals surface area contributed by atoms with Gasteiger partial charge in [0.15, 0.2) is 5.82 Å². The van der Waals surface area contributed by atoms with E-state index in [0.29, 0.717) is 29.6 Å². The summed E-state index contributed by atoms with van der Waals surface area (Å²) < 4.78 is 30.5. The smallest absolute Gasteiger partial charge is 0.222 e. The molecule has 2 aliphatic rings. The second kappa shape index (κ2) is 11.3. The number of benzene rings is 1. The second-order valence-electron chi connectivity index (χ2n) is 9.60. The molecule has 2 aliphatic heterocycles. The number of nitrogens with one attached hydrogen (secondary N) is 1. The molecule has 0 spiro atoms. The van der Waals surface area contributed by atoms with Crippen molar-refractivity contribution in [2.45, 2.75) is 38.8 Å². The summed E-state index contributed by atoms with van der Waals surface area (Å²) in [6.45, 7) is 3.21. The van der Waals surface area contributed by atoms with Crippen molar-refractivity contribution < 1.29 is 13.2 Å². The van der Waals surface area contributed by atoms with Gasteiger partial charge in [0.25, 0.3) is 0 Å². The Bertz CT molecular complexity index is 1320. The van der Waals surface area contributed by atoms with Gasteiger partial charge in [0.2, 0.25) is 5.91 Å². The van der Waals surface area contributed by atoms with E-state index in [-0.39, 0.29) is 35.7 Å². The van der Waals surface area contributed by atoms with Crippen molar-refractivity contribution >= 4 is 62.2 Å². The number of piperidine rings is 1. The fourth-order valence-corrected chi connectivity index (χ4v) is 7.78. The van der Waals surface area contributed by atoms with Crippen LogP contribution in [0.2, 0.25) is 5.02 Å². The molecule has 0 atom stereocenters. The van der Waals surface area contributed by atoms with Gasteiger partial charge in [0.05, 0.1) is 28.6 Å². The maximum Gasteiger partial charge on any atom is 0.222 e. The van der Waals surface area contributed by atoms with Gasteiger partial charge in [-0.05, 0) is 62.3 Å². The minimum Gasteiger partial charge on any atom is -0.359 e. The number of nitrogens with zero attached hydrogens (tertiary/aromatic N) is 4. The zero-order chi connectivity index (χ0) is 24.6. The molecule has 2 saturated heterocycles. The van der Waals surface area contributed by atoms with Gasteiger partial charge < -0.3 is 9.88 Å². The number of fused-ring (bicyclic) bond motifs is 1. The van der Waals surface area contributed by atoms with Crippen LogP contribution in [-0.2, 0) is 27.7 Å². The molecule has 3 aromatic rings. The normalized spacial score (nSPS) is 19.3. The predicted molar refractivity (Wildman–Crippen MR) is 147 cm³/mol. The number of sulfone groups is 1. The molecule has 8 nitrogen and oxygen atoms in total. The van der Waals surface area contributed by atoms with Crippen molar-refractivity contribution in [3.63, 3.8) is 0 Å². The Balaban J connectivity index is 0.00000304. The number of amides is 1. The molecule has 36 heavy (non-hydrogen) atoms. The lowest BCUT2D eigenvalue weighted by atomic mass is 9.96. The van der Waals surface area contributed by atoms with E-state index < -0.39 is 9.84 Å². The van der Waals surface area contributed by atoms with Gasteiger partial charge >= 0.3 is 0 Å². The van der Waals surface area contributed by atoms with Gasteiger partial charge in [0, 0.05) is 36.7 Å². The SMILES string of the molecule is CNC(=O)C1CCN(Cc2nc(-c3cn(CC4CCS(=O)(=O)CC4)c4c(Cl)cccc34)ns2)CC1.Cl. The van der Waals surface area contributed by atoms with E-state index in [9.17, 15) is 13.2 Å². The molecule has 0 saturated carbocycles. The van der Waals surface area contributed by atoms with Crippen molar-refractivity contribution in [3.05, 3.63) is 34.4 Å². The van der Waals surface area contributed by atoms with E-state index in [0.717, 1.165) is 60.5 Å². The molecule has 1 N–H and O–H groups in total. The van der Waals surface area contributed by atoms with Crippen LogP contribution < -0.4 is 5.32 Å². The average Bonchev–Trinajstić information content (AvgIpc) is 3.46. The van der Waals surface area contributed by atoms with Gasteiger partial charge in [-0.3, -0.25) is 9.69 Å². The van der Waals surface area contributed by atoms with E-state index in [4.69, 9.17) is 16.6 Å². The Morgan fingerprint density at radius 1 is 1.19 bits per heavy atom. The third-order valence-electron chi connectivity index (χ3n) is 7.25. The number of likely N-dealkylation sites (tertiary alicyclic amines) is 1. The monoisotopic (exact) mass is 571 g/mol. The lowest BCUT2D eigenvalue weighted by Gasteiger charge is -2.30. The highest BCUT2D eigenvalue weighted by atomic mass is 35.5. The Labute approximate surface area is 226 Å². The first-order valence-corrected chi connectivity index (χ1v) is 15.0. The Kier molecular flexibility index (Phi) is 8.61. The summed E-state index contributed by atoms with van der Waals surface area (Å²) in [5.41, 5.74) is 1.90. The molecule has 0 bridgehead atoms. The molecule has 0 radical (unpaired) electrons. The zero-order valence-corrected chi connectivity index (χ0v) is 23.4. The second-order valence-corrected chi connectivity index (χ2v) is 13.1. The van der Waals surface area contributed by atoms with Gasteiger partial charge in [-0.1, -0.05) is 23.7 Å². The highest BCUT2D eigenvalue weighted by Gasteiger charge is 2.27. The van der Waals surface area contributed by atoms with E-state index in [1.54, 1.807) is 7.05 Å². The van der Waals surface area contributed by atoms with Gasteiger partial charge in [-0.2, -0.15) is 4.37 Å². The number of hydrogen-bond donors (Lipinski definition) is 1. The molecule has 0 unspecified atom stereocenters. The Morgan fingerprint density at radius 2 is 1.92 bits per heavy atom. The summed E-state index contributed by atoms with van der Waals surface area (Å²) in [6.07, 6.45) is 5.15. The van der Waals surface area contributed by atoms with Crippen molar-refractivity contribution in [1.29, 1.82) is 0 Å². The van der Waals surface area contributed by atoms with Crippen molar-refractivity contribution in [1.82, 2.24) is 24.1 Å². The maximum atomic E-state index is 11.9. The quantitative estimate of drug-likeness (QED) is 0.480. The first-order valence-electron chi connectivity index (χ1n) is 12.1. The van der Waals surface area contributed by atoms with Crippen LogP contribution in [0.15, 0.2) is 24.4 Å². The maximum absolute atomic E-state index is 11.9. The topological polar surface area (TPSA) is 97.2 Å². The third kappa shape index (κ3) is 5.88. The van der Waals surface area contributed by atoms with Crippen molar-refractivity contribution in [2.75, 3.05) is 31.6 Å². The first kappa shape index (κ1) is 27.3. The first-order chi connectivity index (χ1) is 16.8. The van der Waals surface area contributed by atoms with Crippen LogP contribution in [-0.4, -0.2) is 64.8 Å². The average molecular weight is 573 g/mol. The van der Waals surface area contributed by atoms with Crippen molar-refractivity contribution in [2.24, 2.45) is 11.8 Å². The van der Waals surface area contributed by atoms with E-state index in [1.807, 2.05) is 18.2 Å². The number of carbonyl (C=O) groups is 1. The molecule has 0 aliphatic carbocycles. The van der Waals surface area contributed by atoms with E-state index in [2.05, 4.69) is 25.4 Å². The molecule has 1 amide bonds. The molecule has 2 aromatic heterocycles. The van der Waals surface area contributed by atoms with Crippen molar-refractivity contribution in [3.8, 4) is 11.4 Å². The van der Waals surface area contributed by atoms with E-state index >= 15 is 0 Å². The highest BCUT2D eigenvalue weighted by Crippen LogP contribution is 2.35. The molecular formula is C24H31Cl2N5O3S2. The standard InChI is InChI=1S/C24H30ClN5O3S2.ClH/c1-26-24(31)17-5-9-29(10-6-17)15-21-27-23(28-34-21)19-14-30(22-18(19)3-2-4-20(22)25)13-16-7-11-35(32,33)12-8-16;/h2-4,14,16-17H,5-13,15H2,1H3,(H,26,31);1H. The van der Waals surface area contributed by atoms with Crippen LogP contribution >= 0.6 is 35.5 Å². The summed E-state index contributed by atoms with van der Waals surface area (Å²) in [5.74, 6) is 1.75. The number of rotatable bonds is 6. The fraction of sp³-hybridized carbons (Fsp3) is 0.542. The predicted octanol–water partition coefficient (Wildman–Crippen LogP) is 4.02. The number of aromatic nitrogens is 3. The lowest BCUT2D eigenvalue weighted by molar-refractivity contribution is -0.125. The van der Waals surface area contributed by atoms with Crippen LogP contribution in [0.1, 0.15) is 30.7 Å². The molecule has 12 heteroatoms. The van der Waals surface area contributed by atoms with Crippen LogP contribution in [0, 0.1) is 11.8 Å². The van der Waals surface area contributed by atoms with Gasteiger partial charge in [-0.25, -0.2) is 13.4 Å². The Hall–Kier alpha value is -1.72. The molecule has 2 fully saturated rings. The molecule has 196 valence electrons. The molecule has 5 rings (SSSR count). The minimum atomic E-state index is -2.89. The van der Waals surface area contributed by atoms with Crippen LogP contribution in [0.25, 0.3) is 22.3 Å². The summed E-state index contributed by atoms with van der Waals surface area (Å²) in [7, 11) is -1.20. The number of hydrogen-bond acceptors (Lipinski definition) is 7. The van der Waals surface area contributed by atoms with Crippen LogP contribution in [0.5, 0.6) is 0 Å².